The van der Waals surface area contributed by atoms with Crippen molar-refractivity contribution >= 4 is 5.97 Å². The lowest BCUT2D eigenvalue weighted by Crippen LogP contribution is -2.20. The first-order chi connectivity index (χ1) is 4.18. The van der Waals surface area contributed by atoms with E-state index in [1.54, 1.807) is 0 Å². The van der Waals surface area contributed by atoms with Gasteiger partial charge in [-0.2, -0.15) is 0 Å². The molecule has 0 aliphatic heterocycles. The van der Waals surface area contributed by atoms with Crippen molar-refractivity contribution in [3.05, 3.63) is 0 Å². The van der Waals surface area contributed by atoms with Gasteiger partial charge in [-0.15, -0.1) is 0 Å². The van der Waals surface area contributed by atoms with Crippen molar-refractivity contribution in [3.8, 4) is 0 Å². The molecule has 0 bridgehead atoms. The summed E-state index contributed by atoms with van der Waals surface area (Å²) in [5.41, 5.74) is 0. The molecular weight excluding hydrogens is 124 g/mol. The zero-order valence-corrected chi connectivity index (χ0v) is 5.20. The molecule has 0 amide bonds. The Hall–Kier alpha value is -0.610. The lowest BCUT2D eigenvalue weighted by molar-refractivity contribution is -0.153. The normalized spacial score (nSPS) is 12.8. The van der Waals surface area contributed by atoms with Crippen LogP contribution in [0.15, 0.2) is 0 Å². The summed E-state index contributed by atoms with van der Waals surface area (Å²) >= 11 is 0. The number of hydrogen-bond acceptors (Lipinski definition) is 4. The van der Waals surface area contributed by atoms with Gasteiger partial charge in [-0.05, 0) is 6.92 Å². The van der Waals surface area contributed by atoms with Crippen molar-refractivity contribution < 1.29 is 19.7 Å². The summed E-state index contributed by atoms with van der Waals surface area (Å²) in [6, 6.07) is 0. The highest BCUT2D eigenvalue weighted by Crippen LogP contribution is 1.84. The zero-order chi connectivity index (χ0) is 7.28. The molecule has 0 saturated carbocycles. The molecule has 0 saturated heterocycles. The largest absolute Gasteiger partial charge is 0.461 e. The molecule has 0 aromatic carbocycles. The molecule has 0 fully saturated rings. The van der Waals surface area contributed by atoms with Gasteiger partial charge in [-0.3, -0.25) is 0 Å². The van der Waals surface area contributed by atoms with Crippen molar-refractivity contribution in [2.24, 2.45) is 0 Å². The summed E-state index contributed by atoms with van der Waals surface area (Å²) < 4.78 is 4.31. The predicted molar refractivity (Wildman–Crippen MR) is 29.7 cm³/mol. The number of carbonyl (C=O) groups is 1. The fourth-order valence-electron chi connectivity index (χ4n) is 0.267. The molecule has 0 radical (unpaired) electrons. The average Bonchev–Trinajstić information content (AvgIpc) is 1.82. The second-order valence-corrected chi connectivity index (χ2v) is 1.57. The quantitative estimate of drug-likeness (QED) is 0.481. The molecule has 0 heterocycles. The van der Waals surface area contributed by atoms with E-state index >= 15 is 0 Å². The van der Waals surface area contributed by atoms with E-state index in [-0.39, 0.29) is 13.2 Å². The number of ether oxygens (including phenoxy) is 1. The van der Waals surface area contributed by atoms with Crippen LogP contribution in [0.5, 0.6) is 0 Å². The Balaban J connectivity index is 3.28. The van der Waals surface area contributed by atoms with Crippen LogP contribution in [0.4, 0.5) is 0 Å². The molecule has 0 rings (SSSR count). The maximum atomic E-state index is 10.3. The van der Waals surface area contributed by atoms with Crippen LogP contribution in [0.25, 0.3) is 0 Å². The van der Waals surface area contributed by atoms with Crippen LogP contribution in [0.3, 0.4) is 0 Å². The Labute approximate surface area is 53.1 Å². The minimum Gasteiger partial charge on any atom is -0.461 e. The highest BCUT2D eigenvalue weighted by atomic mass is 16.6. The molecule has 9 heavy (non-hydrogen) atoms. The maximum absolute atomic E-state index is 10.3. The maximum Gasteiger partial charge on any atom is 0.334 e. The van der Waals surface area contributed by atoms with Crippen LogP contribution in [-0.4, -0.2) is 35.5 Å². The molecule has 4 heteroatoms. The van der Waals surface area contributed by atoms with E-state index in [2.05, 4.69) is 4.74 Å². The molecule has 54 valence electrons. The Kier molecular flexibility index (Phi) is 4.00. The van der Waals surface area contributed by atoms with E-state index in [1.165, 1.54) is 6.92 Å². The molecule has 0 aliphatic carbocycles. The minimum atomic E-state index is -1.10. The molecule has 0 aromatic heterocycles. The van der Waals surface area contributed by atoms with E-state index in [0.717, 1.165) is 0 Å². The van der Waals surface area contributed by atoms with E-state index in [0.29, 0.717) is 0 Å². The number of aliphatic hydroxyl groups excluding tert-OH is 2. The first-order valence-corrected chi connectivity index (χ1v) is 2.64. The van der Waals surface area contributed by atoms with E-state index in [1.807, 2.05) is 0 Å². The van der Waals surface area contributed by atoms with Crippen LogP contribution in [0.2, 0.25) is 0 Å². The lowest BCUT2D eigenvalue weighted by Gasteiger charge is -2.02. The third-order valence-corrected chi connectivity index (χ3v) is 0.677. The highest BCUT2D eigenvalue weighted by Gasteiger charge is 2.08. The van der Waals surface area contributed by atoms with Gasteiger partial charge in [0, 0.05) is 0 Å². The van der Waals surface area contributed by atoms with Crippen molar-refractivity contribution in [3.63, 3.8) is 0 Å². The van der Waals surface area contributed by atoms with Gasteiger partial charge in [0.1, 0.15) is 12.7 Å². The molecule has 2 N–H and O–H groups in total. The third-order valence-electron chi connectivity index (χ3n) is 0.677. The summed E-state index contributed by atoms with van der Waals surface area (Å²) in [6.45, 7) is 1.04. The fraction of sp³-hybridized carbons (Fsp3) is 0.800. The fourth-order valence-corrected chi connectivity index (χ4v) is 0.267. The van der Waals surface area contributed by atoms with Crippen molar-refractivity contribution in [1.29, 1.82) is 0 Å². The zero-order valence-electron chi connectivity index (χ0n) is 5.20. The van der Waals surface area contributed by atoms with Crippen LogP contribution < -0.4 is 0 Å². The van der Waals surface area contributed by atoms with Gasteiger partial charge in [0.25, 0.3) is 0 Å². The van der Waals surface area contributed by atoms with Crippen molar-refractivity contribution in [2.75, 3.05) is 13.2 Å². The van der Waals surface area contributed by atoms with Gasteiger partial charge in [0.15, 0.2) is 0 Å². The topological polar surface area (TPSA) is 66.8 Å². The summed E-state index contributed by atoms with van der Waals surface area (Å²) in [5, 5.41) is 16.6. The Bertz CT molecular complexity index is 89.0. The predicted octanol–water partition coefficient (Wildman–Crippen LogP) is -1.10. The van der Waals surface area contributed by atoms with Gasteiger partial charge < -0.3 is 14.9 Å². The molecular formula is C5H10O4. The Morgan fingerprint density at radius 3 is 2.67 bits per heavy atom. The number of rotatable bonds is 3. The van der Waals surface area contributed by atoms with Gasteiger partial charge in [-0.1, -0.05) is 0 Å². The van der Waals surface area contributed by atoms with Gasteiger partial charge >= 0.3 is 5.97 Å². The number of esters is 1. The monoisotopic (exact) mass is 134 g/mol. The highest BCUT2D eigenvalue weighted by molar-refractivity contribution is 5.73. The smallest absolute Gasteiger partial charge is 0.334 e. The second kappa shape index (κ2) is 4.29. The van der Waals surface area contributed by atoms with E-state index in [9.17, 15) is 4.79 Å². The first-order valence-electron chi connectivity index (χ1n) is 2.64. The summed E-state index contributed by atoms with van der Waals surface area (Å²) in [5.74, 6) is -0.705. The van der Waals surface area contributed by atoms with Crippen molar-refractivity contribution in [2.45, 2.75) is 13.0 Å². The summed E-state index contributed by atoms with van der Waals surface area (Å²) in [7, 11) is 0. The molecule has 0 aliphatic rings. The van der Waals surface area contributed by atoms with Gasteiger partial charge in [0.05, 0.1) is 6.61 Å². The van der Waals surface area contributed by atoms with Gasteiger partial charge in [-0.25, -0.2) is 4.79 Å². The van der Waals surface area contributed by atoms with Crippen LogP contribution in [0, 0.1) is 0 Å². The number of hydrogen-bond donors (Lipinski definition) is 2. The third kappa shape index (κ3) is 3.93. The average molecular weight is 134 g/mol. The Morgan fingerprint density at radius 1 is 1.78 bits per heavy atom. The standard InChI is InChI=1S/C5H10O4/c1-4(7)5(8)9-3-2-6/h4,6-7H,2-3H2,1H3. The SMILES string of the molecule is CC(O)C(=O)OCCO. The molecule has 4 nitrogen and oxygen atoms in total. The molecule has 0 spiro atoms. The lowest BCUT2D eigenvalue weighted by atomic mass is 10.4. The number of carbonyl (C=O) groups excluding carboxylic acids is 1. The van der Waals surface area contributed by atoms with E-state index < -0.39 is 12.1 Å². The summed E-state index contributed by atoms with van der Waals surface area (Å²) in [6.07, 6.45) is -1.10. The van der Waals surface area contributed by atoms with Crippen molar-refractivity contribution in [1.82, 2.24) is 0 Å². The van der Waals surface area contributed by atoms with Crippen LogP contribution >= 0.6 is 0 Å². The second-order valence-electron chi connectivity index (χ2n) is 1.57. The molecule has 1 atom stereocenters. The summed E-state index contributed by atoms with van der Waals surface area (Å²) in [4.78, 5) is 10.3. The van der Waals surface area contributed by atoms with Crippen LogP contribution in [0.1, 0.15) is 6.92 Å². The minimum absolute atomic E-state index is 0.0519. The molecule has 1 unspecified atom stereocenters. The molecule has 0 aromatic rings. The van der Waals surface area contributed by atoms with Crippen LogP contribution in [-0.2, 0) is 9.53 Å². The van der Waals surface area contributed by atoms with Gasteiger partial charge in [0.2, 0.25) is 0 Å². The van der Waals surface area contributed by atoms with E-state index in [4.69, 9.17) is 10.2 Å². The first kappa shape index (κ1) is 8.39. The Morgan fingerprint density at radius 2 is 2.33 bits per heavy atom. The number of aliphatic hydroxyl groups is 2.